The maximum atomic E-state index is 13.5. The Labute approximate surface area is 185 Å². The molecule has 0 spiro atoms. The zero-order valence-electron chi connectivity index (χ0n) is 16.9. The molecule has 2 rings (SSSR count). The molecule has 32 heavy (non-hydrogen) atoms. The van der Waals surface area contributed by atoms with Crippen LogP contribution in [0.5, 0.6) is 11.5 Å². The number of nitrogens with one attached hydrogen (secondary N) is 2. The fourth-order valence-electron chi connectivity index (χ4n) is 2.38. The van der Waals surface area contributed by atoms with Gasteiger partial charge in [-0.25, -0.2) is 18.0 Å². The number of hydrogen-bond acceptors (Lipinski definition) is 6. The van der Waals surface area contributed by atoms with Crippen molar-refractivity contribution < 1.29 is 41.8 Å². The minimum Gasteiger partial charge on any atom is -0.493 e. The largest absolute Gasteiger partial charge is 0.493 e. The summed E-state index contributed by atoms with van der Waals surface area (Å²) < 4.78 is 54.9. The summed E-state index contributed by atoms with van der Waals surface area (Å²) >= 11 is 6.07. The van der Waals surface area contributed by atoms with Gasteiger partial charge < -0.3 is 24.8 Å². The minimum atomic E-state index is -1.75. The van der Waals surface area contributed by atoms with Crippen molar-refractivity contribution in [1.82, 2.24) is 5.32 Å². The van der Waals surface area contributed by atoms with Crippen LogP contribution in [0.1, 0.15) is 17.3 Å². The van der Waals surface area contributed by atoms with Crippen molar-refractivity contribution in [3.8, 4) is 11.5 Å². The molecule has 0 unspecified atom stereocenters. The average molecular weight is 475 g/mol. The second-order valence-corrected chi connectivity index (χ2v) is 6.45. The van der Waals surface area contributed by atoms with Gasteiger partial charge in [0, 0.05) is 0 Å². The fourth-order valence-corrected chi connectivity index (χ4v) is 2.65. The highest BCUT2D eigenvalue weighted by molar-refractivity contribution is 6.32. The van der Waals surface area contributed by atoms with Crippen molar-refractivity contribution in [3.63, 3.8) is 0 Å². The third kappa shape index (κ3) is 6.27. The van der Waals surface area contributed by atoms with Crippen LogP contribution in [0.25, 0.3) is 0 Å². The van der Waals surface area contributed by atoms with Crippen molar-refractivity contribution in [2.75, 3.05) is 32.2 Å². The quantitative estimate of drug-likeness (QED) is 0.428. The number of halogens is 4. The number of anilines is 1. The van der Waals surface area contributed by atoms with Gasteiger partial charge in [0.1, 0.15) is 0 Å². The predicted octanol–water partition coefficient (Wildman–Crippen LogP) is 3.08. The monoisotopic (exact) mass is 474 g/mol. The van der Waals surface area contributed by atoms with Crippen LogP contribution in [0, 0.1) is 17.5 Å². The Morgan fingerprint density at radius 1 is 1.06 bits per heavy atom. The second kappa shape index (κ2) is 11.2. The number of methoxy groups -OCH3 is 1. The van der Waals surface area contributed by atoms with Crippen LogP contribution in [-0.2, 0) is 14.3 Å². The molecule has 0 aliphatic rings. The predicted molar refractivity (Wildman–Crippen MR) is 107 cm³/mol. The minimum absolute atomic E-state index is 0.00495. The molecule has 0 aliphatic heterocycles. The molecule has 8 nitrogen and oxygen atoms in total. The summed E-state index contributed by atoms with van der Waals surface area (Å²) in [5, 5.41) is 4.20. The van der Waals surface area contributed by atoms with E-state index in [2.05, 4.69) is 5.32 Å². The van der Waals surface area contributed by atoms with Crippen LogP contribution >= 0.6 is 11.6 Å². The molecule has 0 heterocycles. The first kappa shape index (κ1) is 24.8. The van der Waals surface area contributed by atoms with Crippen LogP contribution in [0.15, 0.2) is 24.3 Å². The van der Waals surface area contributed by atoms with E-state index in [0.717, 1.165) is 6.07 Å². The van der Waals surface area contributed by atoms with Gasteiger partial charge in [0.2, 0.25) is 5.91 Å². The van der Waals surface area contributed by atoms with Crippen LogP contribution in [0.4, 0.5) is 18.9 Å². The summed E-state index contributed by atoms with van der Waals surface area (Å²) in [4.78, 5) is 35.7. The molecule has 0 saturated carbocycles. The topological polar surface area (TPSA) is 103 Å². The summed E-state index contributed by atoms with van der Waals surface area (Å²) in [5.41, 5.74) is -0.606. The fraction of sp³-hybridized carbons (Fsp3) is 0.250. The van der Waals surface area contributed by atoms with E-state index in [0.29, 0.717) is 12.7 Å². The highest BCUT2D eigenvalue weighted by Crippen LogP contribution is 2.36. The number of rotatable bonds is 9. The van der Waals surface area contributed by atoms with Gasteiger partial charge >= 0.3 is 5.97 Å². The van der Waals surface area contributed by atoms with Gasteiger partial charge in [-0.15, -0.1) is 0 Å². The van der Waals surface area contributed by atoms with Gasteiger partial charge in [-0.2, -0.15) is 0 Å². The molecule has 0 atom stereocenters. The first-order chi connectivity index (χ1) is 15.2. The lowest BCUT2D eigenvalue weighted by Gasteiger charge is -2.13. The van der Waals surface area contributed by atoms with E-state index in [4.69, 9.17) is 25.8 Å². The maximum Gasteiger partial charge on any atom is 0.338 e. The molecule has 2 aromatic rings. The van der Waals surface area contributed by atoms with E-state index in [-0.39, 0.29) is 22.1 Å². The van der Waals surface area contributed by atoms with Crippen LogP contribution < -0.4 is 20.1 Å². The van der Waals surface area contributed by atoms with E-state index >= 15 is 0 Å². The van der Waals surface area contributed by atoms with E-state index in [1.165, 1.54) is 19.2 Å². The number of ether oxygens (including phenoxy) is 3. The van der Waals surface area contributed by atoms with Crippen molar-refractivity contribution in [2.45, 2.75) is 6.92 Å². The van der Waals surface area contributed by atoms with Gasteiger partial charge in [-0.05, 0) is 31.2 Å². The molecule has 0 saturated heterocycles. The summed E-state index contributed by atoms with van der Waals surface area (Å²) in [5.74, 6) is -6.96. The van der Waals surface area contributed by atoms with E-state index in [1.807, 2.05) is 5.32 Å². The Morgan fingerprint density at radius 3 is 2.44 bits per heavy atom. The molecule has 0 radical (unpaired) electrons. The molecule has 0 fully saturated rings. The molecule has 12 heteroatoms. The molecule has 172 valence electrons. The van der Waals surface area contributed by atoms with Crippen molar-refractivity contribution in [3.05, 3.63) is 52.3 Å². The molecular formula is C20H18ClF3N2O6. The van der Waals surface area contributed by atoms with Crippen molar-refractivity contribution in [1.29, 1.82) is 0 Å². The Kier molecular flexibility index (Phi) is 8.71. The number of hydrogen-bond donors (Lipinski definition) is 2. The van der Waals surface area contributed by atoms with E-state index in [9.17, 15) is 27.6 Å². The molecule has 0 aliphatic carbocycles. The number of carbonyl (C=O) groups is 3. The molecule has 0 aromatic heterocycles. The third-order valence-corrected chi connectivity index (χ3v) is 4.12. The maximum absolute atomic E-state index is 13.5. The van der Waals surface area contributed by atoms with E-state index in [1.54, 1.807) is 6.92 Å². The van der Waals surface area contributed by atoms with Gasteiger partial charge in [0.15, 0.2) is 35.6 Å². The molecular weight excluding hydrogens is 457 g/mol. The van der Waals surface area contributed by atoms with Crippen LogP contribution in [0.3, 0.4) is 0 Å². The van der Waals surface area contributed by atoms with Crippen LogP contribution in [-0.4, -0.2) is 44.7 Å². The van der Waals surface area contributed by atoms with Gasteiger partial charge in [-0.1, -0.05) is 11.6 Å². The normalized spacial score (nSPS) is 10.3. The zero-order chi connectivity index (χ0) is 23.8. The number of amides is 2. The molecule has 2 aromatic carbocycles. The standard InChI is InChI=1S/C20H18ClF3N2O6/c1-3-31-19-11(21)6-10(7-14(19)30-2)20(29)32-9-16(28)25-8-15(27)26-13-5-4-12(22)17(23)18(13)24/h4-7H,3,8-9H2,1-2H3,(H,25,28)(H,26,27). The Balaban J connectivity index is 1.88. The number of carbonyl (C=O) groups excluding carboxylic acids is 3. The van der Waals surface area contributed by atoms with Gasteiger partial charge in [0.05, 0.1) is 36.5 Å². The average Bonchev–Trinajstić information content (AvgIpc) is 2.77. The second-order valence-electron chi connectivity index (χ2n) is 6.05. The Morgan fingerprint density at radius 2 is 1.78 bits per heavy atom. The lowest BCUT2D eigenvalue weighted by Crippen LogP contribution is -2.35. The van der Waals surface area contributed by atoms with Crippen molar-refractivity contribution in [2.24, 2.45) is 0 Å². The zero-order valence-corrected chi connectivity index (χ0v) is 17.6. The molecule has 0 bridgehead atoms. The van der Waals surface area contributed by atoms with E-state index < -0.39 is 54.1 Å². The van der Waals surface area contributed by atoms with Gasteiger partial charge in [-0.3, -0.25) is 9.59 Å². The highest BCUT2D eigenvalue weighted by Gasteiger charge is 2.18. The molecule has 2 amide bonds. The Hall–Kier alpha value is -3.47. The first-order valence-electron chi connectivity index (χ1n) is 9.05. The molecule has 2 N–H and O–H groups in total. The summed E-state index contributed by atoms with van der Waals surface area (Å²) in [6, 6.07) is 4.06. The van der Waals surface area contributed by atoms with Crippen LogP contribution in [0.2, 0.25) is 5.02 Å². The summed E-state index contributed by atoms with van der Waals surface area (Å²) in [6.45, 7) is 0.679. The number of benzene rings is 2. The number of esters is 1. The summed E-state index contributed by atoms with van der Waals surface area (Å²) in [6.07, 6.45) is 0. The third-order valence-electron chi connectivity index (χ3n) is 3.84. The highest BCUT2D eigenvalue weighted by atomic mass is 35.5. The van der Waals surface area contributed by atoms with Gasteiger partial charge in [0.25, 0.3) is 5.91 Å². The summed E-state index contributed by atoms with van der Waals surface area (Å²) in [7, 11) is 1.36. The lowest BCUT2D eigenvalue weighted by molar-refractivity contribution is -0.126. The first-order valence-corrected chi connectivity index (χ1v) is 9.43. The Bertz CT molecular complexity index is 1030. The lowest BCUT2D eigenvalue weighted by atomic mass is 10.2. The SMILES string of the molecule is CCOc1c(Cl)cc(C(=O)OCC(=O)NCC(=O)Nc2ccc(F)c(F)c2F)cc1OC. The van der Waals surface area contributed by atoms with Crippen molar-refractivity contribution >= 4 is 35.1 Å². The smallest absolute Gasteiger partial charge is 0.338 e.